The zero-order valence-electron chi connectivity index (χ0n) is 9.36. The zero-order valence-corrected chi connectivity index (χ0v) is 9.36. The average molecular weight is 222 g/mol. The summed E-state index contributed by atoms with van der Waals surface area (Å²) in [4.78, 5) is 11.2. The Hall–Kier alpha value is -1.39. The van der Waals surface area contributed by atoms with Crippen molar-refractivity contribution in [2.24, 2.45) is 0 Å². The molecule has 1 heterocycles. The molecule has 16 heavy (non-hydrogen) atoms. The Labute approximate surface area is 94.1 Å². The normalized spacial score (nSPS) is 16.4. The van der Waals surface area contributed by atoms with E-state index in [2.05, 4.69) is 0 Å². The molecule has 86 valence electrons. The van der Waals surface area contributed by atoms with Crippen molar-refractivity contribution in [1.29, 1.82) is 0 Å². The average Bonchev–Trinajstić information content (AvgIpc) is 2.81. The Morgan fingerprint density at radius 3 is 2.62 bits per heavy atom. The number of hydrogen-bond acceptors (Lipinski definition) is 4. The van der Waals surface area contributed by atoms with Gasteiger partial charge in [0.25, 0.3) is 0 Å². The van der Waals surface area contributed by atoms with Gasteiger partial charge < -0.3 is 14.2 Å². The lowest BCUT2D eigenvalue weighted by Crippen LogP contribution is -2.03. The molecule has 0 aliphatic carbocycles. The zero-order chi connectivity index (χ0) is 11.5. The van der Waals surface area contributed by atoms with Gasteiger partial charge in [-0.2, -0.15) is 0 Å². The third-order valence-corrected chi connectivity index (χ3v) is 2.52. The number of carbonyl (C=O) groups is 1. The van der Waals surface area contributed by atoms with E-state index in [1.165, 1.54) is 6.92 Å². The van der Waals surface area contributed by atoms with Crippen LogP contribution in [-0.2, 0) is 9.47 Å². The molecule has 0 saturated carbocycles. The smallest absolute Gasteiger partial charge is 0.187 e. The second-order valence-electron chi connectivity index (χ2n) is 3.59. The summed E-state index contributed by atoms with van der Waals surface area (Å²) < 4.78 is 16.0. The van der Waals surface area contributed by atoms with Crippen LogP contribution in [0, 0.1) is 0 Å². The number of benzene rings is 1. The van der Waals surface area contributed by atoms with E-state index in [0.717, 1.165) is 5.56 Å². The largest absolute Gasteiger partial charge is 0.496 e. The number of ether oxygens (including phenoxy) is 3. The summed E-state index contributed by atoms with van der Waals surface area (Å²) in [6.45, 7) is 2.70. The molecule has 0 atom stereocenters. The molecule has 1 fully saturated rings. The lowest BCUT2D eigenvalue weighted by Gasteiger charge is -2.14. The highest BCUT2D eigenvalue weighted by molar-refractivity contribution is 5.94. The van der Waals surface area contributed by atoms with Crippen LogP contribution in [0.25, 0.3) is 0 Å². The van der Waals surface area contributed by atoms with Gasteiger partial charge >= 0.3 is 0 Å². The summed E-state index contributed by atoms with van der Waals surface area (Å²) in [5.41, 5.74) is 1.45. The van der Waals surface area contributed by atoms with Gasteiger partial charge in [0, 0.05) is 11.1 Å². The molecule has 1 aromatic rings. The number of ketones is 1. The molecule has 0 bridgehead atoms. The second-order valence-corrected chi connectivity index (χ2v) is 3.59. The fourth-order valence-electron chi connectivity index (χ4n) is 1.66. The van der Waals surface area contributed by atoms with E-state index in [0.29, 0.717) is 24.5 Å². The van der Waals surface area contributed by atoms with Gasteiger partial charge in [0.05, 0.1) is 20.3 Å². The molecule has 0 amide bonds. The van der Waals surface area contributed by atoms with Crippen LogP contribution in [0.3, 0.4) is 0 Å². The van der Waals surface area contributed by atoms with Crippen LogP contribution in [-0.4, -0.2) is 26.1 Å². The van der Waals surface area contributed by atoms with Crippen LogP contribution in [0.4, 0.5) is 0 Å². The molecule has 4 heteroatoms. The fraction of sp³-hybridized carbons (Fsp3) is 0.417. The minimum Gasteiger partial charge on any atom is -0.496 e. The maximum Gasteiger partial charge on any atom is 0.187 e. The molecule has 0 radical (unpaired) electrons. The highest BCUT2D eigenvalue weighted by Crippen LogP contribution is 2.31. The van der Waals surface area contributed by atoms with Gasteiger partial charge in [0.1, 0.15) is 5.75 Å². The lowest BCUT2D eigenvalue weighted by molar-refractivity contribution is -0.0454. The van der Waals surface area contributed by atoms with Gasteiger partial charge in [-0.1, -0.05) is 6.07 Å². The Morgan fingerprint density at radius 1 is 1.38 bits per heavy atom. The second kappa shape index (κ2) is 4.63. The van der Waals surface area contributed by atoms with Crippen LogP contribution in [0.5, 0.6) is 5.75 Å². The summed E-state index contributed by atoms with van der Waals surface area (Å²) in [6, 6.07) is 5.28. The highest BCUT2D eigenvalue weighted by atomic mass is 16.7. The third-order valence-electron chi connectivity index (χ3n) is 2.52. The van der Waals surface area contributed by atoms with Crippen molar-refractivity contribution >= 4 is 5.78 Å². The van der Waals surface area contributed by atoms with Crippen LogP contribution in [0.15, 0.2) is 18.2 Å². The van der Waals surface area contributed by atoms with Crippen molar-refractivity contribution in [1.82, 2.24) is 0 Å². The fourth-order valence-corrected chi connectivity index (χ4v) is 1.66. The number of Topliss-reactive ketones (excluding diaryl/α,β-unsaturated/α-hetero) is 1. The predicted molar refractivity (Wildman–Crippen MR) is 57.6 cm³/mol. The number of carbonyl (C=O) groups excluding carboxylic acids is 1. The van der Waals surface area contributed by atoms with Crippen LogP contribution < -0.4 is 4.74 Å². The summed E-state index contributed by atoms with van der Waals surface area (Å²) in [7, 11) is 1.57. The van der Waals surface area contributed by atoms with E-state index in [4.69, 9.17) is 14.2 Å². The molecule has 4 nitrogen and oxygen atoms in total. The van der Waals surface area contributed by atoms with Gasteiger partial charge in [-0.3, -0.25) is 4.79 Å². The SMILES string of the molecule is COc1cc(C(C)=O)ccc1C1OCCO1. The number of rotatable bonds is 3. The molecule has 0 aromatic heterocycles. The Morgan fingerprint density at radius 2 is 2.06 bits per heavy atom. The molecule has 1 aromatic carbocycles. The van der Waals surface area contributed by atoms with Crippen molar-refractivity contribution in [2.45, 2.75) is 13.2 Å². The van der Waals surface area contributed by atoms with Crippen LogP contribution >= 0.6 is 0 Å². The monoisotopic (exact) mass is 222 g/mol. The molecule has 1 saturated heterocycles. The Balaban J connectivity index is 2.34. The van der Waals surface area contributed by atoms with Crippen molar-refractivity contribution in [3.63, 3.8) is 0 Å². The third kappa shape index (κ3) is 2.08. The molecular weight excluding hydrogens is 208 g/mol. The van der Waals surface area contributed by atoms with Crippen molar-refractivity contribution in [3.8, 4) is 5.75 Å². The quantitative estimate of drug-likeness (QED) is 0.733. The predicted octanol–water partition coefficient (Wildman–Crippen LogP) is 1.94. The number of hydrogen-bond donors (Lipinski definition) is 0. The molecule has 1 aliphatic heterocycles. The van der Waals surface area contributed by atoms with Crippen molar-refractivity contribution in [2.75, 3.05) is 20.3 Å². The first-order chi connectivity index (χ1) is 7.72. The van der Waals surface area contributed by atoms with Crippen molar-refractivity contribution in [3.05, 3.63) is 29.3 Å². The van der Waals surface area contributed by atoms with Crippen molar-refractivity contribution < 1.29 is 19.0 Å². The van der Waals surface area contributed by atoms with Gasteiger partial charge in [-0.05, 0) is 19.1 Å². The minimum absolute atomic E-state index is 0.0121. The van der Waals surface area contributed by atoms with Crippen LogP contribution in [0.1, 0.15) is 29.1 Å². The first-order valence-electron chi connectivity index (χ1n) is 5.14. The van der Waals surface area contributed by atoms with E-state index in [1.807, 2.05) is 6.07 Å². The maximum atomic E-state index is 11.2. The first-order valence-corrected chi connectivity index (χ1v) is 5.14. The van der Waals surface area contributed by atoms with Gasteiger partial charge in [0.15, 0.2) is 12.1 Å². The van der Waals surface area contributed by atoms with E-state index >= 15 is 0 Å². The standard InChI is InChI=1S/C12H14O4/c1-8(13)9-3-4-10(11(7-9)14-2)12-15-5-6-16-12/h3-4,7,12H,5-6H2,1-2H3. The van der Waals surface area contributed by atoms with Gasteiger partial charge in [0.2, 0.25) is 0 Å². The Kier molecular flexibility index (Phi) is 3.22. The van der Waals surface area contributed by atoms with E-state index < -0.39 is 0 Å². The topological polar surface area (TPSA) is 44.8 Å². The number of methoxy groups -OCH3 is 1. The Bertz CT molecular complexity index is 394. The van der Waals surface area contributed by atoms with E-state index in [-0.39, 0.29) is 12.1 Å². The molecular formula is C12H14O4. The molecule has 0 spiro atoms. The van der Waals surface area contributed by atoms with E-state index in [1.54, 1.807) is 19.2 Å². The maximum absolute atomic E-state index is 11.2. The van der Waals surface area contributed by atoms with Gasteiger partial charge in [-0.25, -0.2) is 0 Å². The highest BCUT2D eigenvalue weighted by Gasteiger charge is 2.22. The van der Waals surface area contributed by atoms with Gasteiger partial charge in [-0.15, -0.1) is 0 Å². The first kappa shape index (κ1) is 11.1. The molecule has 2 rings (SSSR count). The summed E-state index contributed by atoms with van der Waals surface area (Å²) in [5, 5.41) is 0. The van der Waals surface area contributed by atoms with Crippen LogP contribution in [0.2, 0.25) is 0 Å². The molecule has 0 N–H and O–H groups in total. The molecule has 0 unspecified atom stereocenters. The summed E-state index contributed by atoms with van der Waals surface area (Å²) >= 11 is 0. The summed E-state index contributed by atoms with van der Waals surface area (Å²) in [6.07, 6.45) is -0.379. The lowest BCUT2D eigenvalue weighted by atomic mass is 10.1. The summed E-state index contributed by atoms with van der Waals surface area (Å²) in [5.74, 6) is 0.637. The minimum atomic E-state index is -0.379. The van der Waals surface area contributed by atoms with E-state index in [9.17, 15) is 4.79 Å². The molecule has 1 aliphatic rings.